The van der Waals surface area contributed by atoms with Crippen molar-refractivity contribution in [1.82, 2.24) is 5.43 Å². The third-order valence-electron chi connectivity index (χ3n) is 3.71. The molecule has 0 aliphatic carbocycles. The number of nitrogens with two attached hydrogens (primary N) is 1. The summed E-state index contributed by atoms with van der Waals surface area (Å²) in [6.07, 6.45) is 0.520. The van der Waals surface area contributed by atoms with Gasteiger partial charge in [-0.15, -0.1) is 0 Å². The van der Waals surface area contributed by atoms with Crippen LogP contribution in [0.25, 0.3) is 0 Å². The average molecular weight is 272 g/mol. The van der Waals surface area contributed by atoms with Crippen LogP contribution in [0.3, 0.4) is 0 Å². The molecule has 20 heavy (non-hydrogen) atoms. The lowest BCUT2D eigenvalue weighted by atomic mass is 9.96. The summed E-state index contributed by atoms with van der Waals surface area (Å²) in [4.78, 5) is 0. The Bertz CT molecular complexity index is 605. The number of fused-ring (bicyclic) bond motifs is 1. The van der Waals surface area contributed by atoms with Gasteiger partial charge in [-0.2, -0.15) is 0 Å². The number of hydrazine groups is 1. The molecule has 104 valence electrons. The van der Waals surface area contributed by atoms with Gasteiger partial charge in [-0.05, 0) is 24.6 Å². The van der Waals surface area contributed by atoms with Crippen molar-refractivity contribution in [3.05, 3.63) is 65.0 Å². The van der Waals surface area contributed by atoms with Crippen molar-refractivity contribution in [2.24, 2.45) is 5.84 Å². The summed E-state index contributed by atoms with van der Waals surface area (Å²) >= 11 is 0. The molecule has 2 unspecified atom stereocenters. The van der Waals surface area contributed by atoms with E-state index in [1.54, 1.807) is 6.07 Å². The predicted octanol–water partition coefficient (Wildman–Crippen LogP) is 2.64. The fourth-order valence-corrected chi connectivity index (χ4v) is 2.69. The summed E-state index contributed by atoms with van der Waals surface area (Å²) in [5, 5.41) is 0. The van der Waals surface area contributed by atoms with Crippen LogP contribution in [0.15, 0.2) is 42.5 Å². The maximum atomic E-state index is 14.0. The van der Waals surface area contributed by atoms with E-state index in [4.69, 9.17) is 10.6 Å². The second kappa shape index (κ2) is 5.23. The molecule has 0 amide bonds. The van der Waals surface area contributed by atoms with Crippen LogP contribution in [-0.2, 0) is 6.42 Å². The van der Waals surface area contributed by atoms with Crippen molar-refractivity contribution < 1.29 is 9.13 Å². The van der Waals surface area contributed by atoms with Crippen LogP contribution in [0.5, 0.6) is 5.75 Å². The minimum Gasteiger partial charge on any atom is -0.488 e. The van der Waals surface area contributed by atoms with Gasteiger partial charge in [0.25, 0.3) is 0 Å². The van der Waals surface area contributed by atoms with Gasteiger partial charge in [-0.1, -0.05) is 35.9 Å². The van der Waals surface area contributed by atoms with Crippen LogP contribution in [-0.4, -0.2) is 6.10 Å². The van der Waals surface area contributed by atoms with Crippen LogP contribution in [0.1, 0.15) is 22.7 Å². The molecular weight excluding hydrogens is 255 g/mol. The Morgan fingerprint density at radius 3 is 2.85 bits per heavy atom. The largest absolute Gasteiger partial charge is 0.488 e. The molecule has 4 heteroatoms. The summed E-state index contributed by atoms with van der Waals surface area (Å²) < 4.78 is 19.9. The number of nitrogens with one attached hydrogen (secondary N) is 1. The standard InChI is InChI=1S/C16H17FN2O/c1-10-6-7-13(17)12(8-10)16(19-18)15-9-11-4-2-3-5-14(11)20-15/h2-8,15-16,19H,9,18H2,1H3. The SMILES string of the molecule is Cc1ccc(F)c(C(NN)C2Cc3ccccc3O2)c1. The molecule has 1 aliphatic heterocycles. The summed E-state index contributed by atoms with van der Waals surface area (Å²) in [5.41, 5.74) is 5.37. The molecule has 0 spiro atoms. The second-order valence-corrected chi connectivity index (χ2v) is 5.14. The molecule has 3 N–H and O–H groups in total. The molecule has 0 fully saturated rings. The van der Waals surface area contributed by atoms with Crippen molar-refractivity contribution in [3.63, 3.8) is 0 Å². The monoisotopic (exact) mass is 272 g/mol. The Morgan fingerprint density at radius 2 is 2.10 bits per heavy atom. The zero-order valence-electron chi connectivity index (χ0n) is 11.3. The maximum absolute atomic E-state index is 14.0. The third-order valence-corrected chi connectivity index (χ3v) is 3.71. The first-order chi connectivity index (χ1) is 9.69. The van der Waals surface area contributed by atoms with Gasteiger partial charge in [0.15, 0.2) is 0 Å². The molecule has 2 aromatic carbocycles. The fourth-order valence-electron chi connectivity index (χ4n) is 2.69. The molecule has 1 heterocycles. The molecular formula is C16H17FN2O. The maximum Gasteiger partial charge on any atom is 0.128 e. The first-order valence-electron chi connectivity index (χ1n) is 6.66. The first kappa shape index (κ1) is 13.1. The molecule has 0 bridgehead atoms. The topological polar surface area (TPSA) is 47.3 Å². The molecule has 3 nitrogen and oxygen atoms in total. The molecule has 0 saturated carbocycles. The van der Waals surface area contributed by atoms with Crippen molar-refractivity contribution in [1.29, 1.82) is 0 Å². The van der Waals surface area contributed by atoms with Crippen LogP contribution in [0.4, 0.5) is 4.39 Å². The van der Waals surface area contributed by atoms with Crippen molar-refractivity contribution in [2.45, 2.75) is 25.5 Å². The highest BCUT2D eigenvalue weighted by Gasteiger charge is 2.32. The summed E-state index contributed by atoms with van der Waals surface area (Å²) in [6.45, 7) is 1.93. The van der Waals surface area contributed by atoms with Crippen LogP contribution < -0.4 is 16.0 Å². The normalized spacial score (nSPS) is 18.4. The van der Waals surface area contributed by atoms with Gasteiger partial charge in [0.1, 0.15) is 17.7 Å². The molecule has 0 aromatic heterocycles. The van der Waals surface area contributed by atoms with E-state index in [0.29, 0.717) is 5.56 Å². The van der Waals surface area contributed by atoms with E-state index in [9.17, 15) is 4.39 Å². The van der Waals surface area contributed by atoms with E-state index in [1.165, 1.54) is 6.07 Å². The van der Waals surface area contributed by atoms with Gasteiger partial charge in [0.05, 0.1) is 6.04 Å². The van der Waals surface area contributed by atoms with Gasteiger partial charge in [-0.3, -0.25) is 5.84 Å². The van der Waals surface area contributed by atoms with E-state index in [2.05, 4.69) is 5.43 Å². The minimum atomic E-state index is -0.373. The van der Waals surface area contributed by atoms with E-state index < -0.39 is 0 Å². The highest BCUT2D eigenvalue weighted by atomic mass is 19.1. The fraction of sp³-hybridized carbons (Fsp3) is 0.250. The Labute approximate surface area is 117 Å². The second-order valence-electron chi connectivity index (χ2n) is 5.14. The Balaban J connectivity index is 1.91. The zero-order valence-corrected chi connectivity index (χ0v) is 11.3. The van der Waals surface area contributed by atoms with Gasteiger partial charge in [-0.25, -0.2) is 9.82 Å². The molecule has 3 rings (SSSR count). The highest BCUT2D eigenvalue weighted by Crippen LogP contribution is 2.34. The van der Waals surface area contributed by atoms with E-state index in [-0.39, 0.29) is 18.0 Å². The van der Waals surface area contributed by atoms with Crippen LogP contribution >= 0.6 is 0 Å². The molecule has 0 radical (unpaired) electrons. The zero-order chi connectivity index (χ0) is 14.1. The average Bonchev–Trinajstić information content (AvgIpc) is 2.87. The smallest absolute Gasteiger partial charge is 0.128 e. The van der Waals surface area contributed by atoms with Gasteiger partial charge in [0.2, 0.25) is 0 Å². The number of rotatable bonds is 3. The van der Waals surface area contributed by atoms with Crippen molar-refractivity contribution >= 4 is 0 Å². The summed E-state index contributed by atoms with van der Waals surface area (Å²) in [7, 11) is 0. The van der Waals surface area contributed by atoms with Gasteiger partial charge >= 0.3 is 0 Å². The molecule has 2 atom stereocenters. The lowest BCUT2D eigenvalue weighted by Gasteiger charge is -2.23. The number of hydrogen-bond acceptors (Lipinski definition) is 3. The van der Waals surface area contributed by atoms with E-state index in [1.807, 2.05) is 37.3 Å². The Hall–Kier alpha value is -1.91. The lowest BCUT2D eigenvalue weighted by molar-refractivity contribution is 0.176. The number of ether oxygens (including phenoxy) is 1. The third kappa shape index (κ3) is 2.28. The number of para-hydroxylation sites is 1. The number of halogens is 1. The summed E-state index contributed by atoms with van der Waals surface area (Å²) in [6, 6.07) is 12.5. The number of hydrogen-bond donors (Lipinski definition) is 2. The summed E-state index contributed by atoms with van der Waals surface area (Å²) in [5.74, 6) is 6.23. The molecule has 2 aromatic rings. The number of benzene rings is 2. The predicted molar refractivity (Wildman–Crippen MR) is 75.8 cm³/mol. The Kier molecular flexibility index (Phi) is 3.42. The van der Waals surface area contributed by atoms with Crippen LogP contribution in [0.2, 0.25) is 0 Å². The first-order valence-corrected chi connectivity index (χ1v) is 6.66. The lowest BCUT2D eigenvalue weighted by Crippen LogP contribution is -2.39. The van der Waals surface area contributed by atoms with Crippen molar-refractivity contribution in [3.8, 4) is 5.75 Å². The van der Waals surface area contributed by atoms with Gasteiger partial charge in [0, 0.05) is 12.0 Å². The van der Waals surface area contributed by atoms with E-state index >= 15 is 0 Å². The Morgan fingerprint density at radius 1 is 1.30 bits per heavy atom. The molecule has 0 saturated heterocycles. The van der Waals surface area contributed by atoms with Gasteiger partial charge < -0.3 is 4.74 Å². The quantitative estimate of drug-likeness (QED) is 0.667. The highest BCUT2D eigenvalue weighted by molar-refractivity contribution is 5.39. The molecule has 1 aliphatic rings. The van der Waals surface area contributed by atoms with Crippen molar-refractivity contribution in [2.75, 3.05) is 0 Å². The van der Waals surface area contributed by atoms with Crippen LogP contribution in [0, 0.1) is 12.7 Å². The minimum absolute atomic E-state index is 0.200. The van der Waals surface area contributed by atoms with E-state index in [0.717, 1.165) is 23.3 Å². The number of aryl methyl sites for hydroxylation is 1.